The summed E-state index contributed by atoms with van der Waals surface area (Å²) < 4.78 is 0. The van der Waals surface area contributed by atoms with Crippen LogP contribution in [0.1, 0.15) is 25.3 Å². The Morgan fingerprint density at radius 2 is 1.75 bits per heavy atom. The molecule has 112 valence electrons. The van der Waals surface area contributed by atoms with E-state index in [1.165, 1.54) is 12.0 Å². The second kappa shape index (κ2) is 7.99. The Kier molecular flexibility index (Phi) is 6.30. The number of halogens is 1. The van der Waals surface area contributed by atoms with E-state index < -0.39 is 0 Å². The summed E-state index contributed by atoms with van der Waals surface area (Å²) in [6, 6.07) is 8.12. The van der Waals surface area contributed by atoms with Crippen LogP contribution in [0.25, 0.3) is 0 Å². The fraction of sp³-hybridized carbons (Fsp3) is 0.625. The van der Waals surface area contributed by atoms with Gasteiger partial charge in [0.2, 0.25) is 0 Å². The van der Waals surface area contributed by atoms with Crippen molar-refractivity contribution in [2.24, 2.45) is 0 Å². The van der Waals surface area contributed by atoms with E-state index in [0.717, 1.165) is 50.7 Å². The third-order valence-corrected chi connectivity index (χ3v) is 4.19. The molecule has 1 aromatic carbocycles. The predicted octanol–water partition coefficient (Wildman–Crippen LogP) is 2.62. The van der Waals surface area contributed by atoms with Gasteiger partial charge >= 0.3 is 0 Å². The fourth-order valence-corrected chi connectivity index (χ4v) is 2.77. The minimum Gasteiger partial charge on any atom is -0.392 e. The molecule has 1 unspecified atom stereocenters. The fourth-order valence-electron chi connectivity index (χ4n) is 2.64. The molecule has 2 rings (SSSR count). The molecule has 4 heteroatoms. The summed E-state index contributed by atoms with van der Waals surface area (Å²) in [5.74, 6) is 0. The lowest BCUT2D eigenvalue weighted by atomic mass is 10.2. The van der Waals surface area contributed by atoms with E-state index in [0.29, 0.717) is 0 Å². The first-order chi connectivity index (χ1) is 9.67. The highest BCUT2D eigenvalue weighted by Gasteiger charge is 2.16. The molecule has 1 heterocycles. The van der Waals surface area contributed by atoms with Crippen LogP contribution in [0.4, 0.5) is 0 Å². The summed E-state index contributed by atoms with van der Waals surface area (Å²) in [6.45, 7) is 8.17. The highest BCUT2D eigenvalue weighted by Crippen LogP contribution is 2.13. The van der Waals surface area contributed by atoms with Gasteiger partial charge in [-0.1, -0.05) is 30.7 Å². The molecule has 1 fully saturated rings. The normalized spacial score (nSPS) is 19.8. The van der Waals surface area contributed by atoms with Crippen LogP contribution >= 0.6 is 11.6 Å². The smallest absolute Gasteiger partial charge is 0.0664 e. The maximum Gasteiger partial charge on any atom is 0.0664 e. The zero-order valence-corrected chi connectivity index (χ0v) is 13.0. The third-order valence-electron chi connectivity index (χ3n) is 3.94. The van der Waals surface area contributed by atoms with Crippen LogP contribution < -0.4 is 0 Å². The molecule has 3 nitrogen and oxygen atoms in total. The Morgan fingerprint density at radius 1 is 1.10 bits per heavy atom. The molecule has 20 heavy (non-hydrogen) atoms. The van der Waals surface area contributed by atoms with E-state index in [2.05, 4.69) is 21.9 Å². The lowest BCUT2D eigenvalue weighted by molar-refractivity contribution is 0.111. The van der Waals surface area contributed by atoms with Crippen molar-refractivity contribution >= 4 is 11.6 Å². The SMILES string of the molecule is CCC(O)CN1CCCN(Cc2ccc(Cl)cc2)CC1. The van der Waals surface area contributed by atoms with Gasteiger partial charge in [-0.3, -0.25) is 9.80 Å². The highest BCUT2D eigenvalue weighted by atomic mass is 35.5. The first-order valence-electron chi connectivity index (χ1n) is 7.54. The second-order valence-electron chi connectivity index (χ2n) is 5.62. The summed E-state index contributed by atoms with van der Waals surface area (Å²) >= 11 is 5.92. The largest absolute Gasteiger partial charge is 0.392 e. The molecule has 0 amide bonds. The monoisotopic (exact) mass is 296 g/mol. The van der Waals surface area contributed by atoms with Crippen molar-refractivity contribution in [3.63, 3.8) is 0 Å². The van der Waals surface area contributed by atoms with Gasteiger partial charge in [0, 0.05) is 31.2 Å². The molecule has 0 bridgehead atoms. The number of nitrogens with zero attached hydrogens (tertiary/aromatic N) is 2. The molecule has 1 saturated heterocycles. The first kappa shape index (κ1) is 15.8. The van der Waals surface area contributed by atoms with Gasteiger partial charge in [-0.15, -0.1) is 0 Å². The topological polar surface area (TPSA) is 26.7 Å². The van der Waals surface area contributed by atoms with E-state index in [1.54, 1.807) is 0 Å². The molecule has 0 aromatic heterocycles. The molecule has 0 saturated carbocycles. The average Bonchev–Trinajstić information content (AvgIpc) is 2.67. The molecule has 1 aliphatic heterocycles. The third kappa shape index (κ3) is 5.06. The Hall–Kier alpha value is -0.610. The molecular formula is C16H25ClN2O. The van der Waals surface area contributed by atoms with Crippen molar-refractivity contribution < 1.29 is 5.11 Å². The Bertz CT molecular complexity index is 396. The number of hydrogen-bond donors (Lipinski definition) is 1. The van der Waals surface area contributed by atoms with E-state index in [-0.39, 0.29) is 6.10 Å². The molecule has 0 radical (unpaired) electrons. The van der Waals surface area contributed by atoms with Crippen LogP contribution in [0.5, 0.6) is 0 Å². The minimum absolute atomic E-state index is 0.183. The van der Waals surface area contributed by atoms with Crippen LogP contribution in [0, 0.1) is 0 Å². The van der Waals surface area contributed by atoms with Crippen molar-refractivity contribution in [1.82, 2.24) is 9.80 Å². The maximum atomic E-state index is 9.76. The van der Waals surface area contributed by atoms with Crippen molar-refractivity contribution in [3.8, 4) is 0 Å². The average molecular weight is 297 g/mol. The van der Waals surface area contributed by atoms with Crippen molar-refractivity contribution in [2.75, 3.05) is 32.7 Å². The van der Waals surface area contributed by atoms with E-state index in [9.17, 15) is 5.11 Å². The molecule has 1 aromatic rings. The lowest BCUT2D eigenvalue weighted by Gasteiger charge is -2.23. The predicted molar refractivity (Wildman–Crippen MR) is 84.1 cm³/mol. The Labute approximate surface area is 127 Å². The number of benzene rings is 1. The molecule has 1 atom stereocenters. The Balaban J connectivity index is 1.81. The molecule has 1 aliphatic rings. The minimum atomic E-state index is -0.183. The molecular weight excluding hydrogens is 272 g/mol. The van der Waals surface area contributed by atoms with Crippen LogP contribution in [0.3, 0.4) is 0 Å². The van der Waals surface area contributed by atoms with Crippen molar-refractivity contribution in [1.29, 1.82) is 0 Å². The van der Waals surface area contributed by atoms with E-state index >= 15 is 0 Å². The van der Waals surface area contributed by atoms with Crippen LogP contribution in [-0.2, 0) is 6.54 Å². The van der Waals surface area contributed by atoms with Crippen molar-refractivity contribution in [3.05, 3.63) is 34.9 Å². The van der Waals surface area contributed by atoms with Gasteiger partial charge in [-0.2, -0.15) is 0 Å². The standard InChI is InChI=1S/C16H25ClN2O/c1-2-16(20)13-19-9-3-8-18(10-11-19)12-14-4-6-15(17)7-5-14/h4-7,16,20H,2-3,8-13H2,1H3. The van der Waals surface area contributed by atoms with Gasteiger partial charge < -0.3 is 5.11 Å². The lowest BCUT2D eigenvalue weighted by Crippen LogP contribution is -2.35. The zero-order valence-electron chi connectivity index (χ0n) is 12.3. The van der Waals surface area contributed by atoms with Crippen LogP contribution in [0.2, 0.25) is 5.02 Å². The summed E-state index contributed by atoms with van der Waals surface area (Å²) in [6.07, 6.45) is 1.83. The first-order valence-corrected chi connectivity index (χ1v) is 7.92. The van der Waals surface area contributed by atoms with E-state index in [4.69, 9.17) is 11.6 Å². The highest BCUT2D eigenvalue weighted by molar-refractivity contribution is 6.30. The van der Waals surface area contributed by atoms with E-state index in [1.807, 2.05) is 19.1 Å². The van der Waals surface area contributed by atoms with Gasteiger partial charge in [0.25, 0.3) is 0 Å². The number of hydrogen-bond acceptors (Lipinski definition) is 3. The van der Waals surface area contributed by atoms with Gasteiger partial charge in [-0.25, -0.2) is 0 Å². The zero-order chi connectivity index (χ0) is 14.4. The van der Waals surface area contributed by atoms with Crippen LogP contribution in [-0.4, -0.2) is 53.7 Å². The van der Waals surface area contributed by atoms with Gasteiger partial charge in [0.1, 0.15) is 0 Å². The van der Waals surface area contributed by atoms with Crippen molar-refractivity contribution in [2.45, 2.75) is 32.4 Å². The summed E-state index contributed by atoms with van der Waals surface area (Å²) in [4.78, 5) is 4.87. The second-order valence-corrected chi connectivity index (χ2v) is 6.06. The maximum absolute atomic E-state index is 9.76. The quantitative estimate of drug-likeness (QED) is 0.905. The summed E-state index contributed by atoms with van der Waals surface area (Å²) in [5.41, 5.74) is 1.32. The van der Waals surface area contributed by atoms with Gasteiger partial charge in [-0.05, 0) is 43.6 Å². The van der Waals surface area contributed by atoms with Gasteiger partial charge in [0.05, 0.1) is 6.10 Å². The van der Waals surface area contributed by atoms with Gasteiger partial charge in [0.15, 0.2) is 0 Å². The Morgan fingerprint density at radius 3 is 2.45 bits per heavy atom. The number of β-amino-alcohol motifs (C(OH)–C–C–N with tert-alkyl or cyclic N) is 1. The number of aliphatic hydroxyl groups excluding tert-OH is 1. The number of rotatable bonds is 5. The summed E-state index contributed by atoms with van der Waals surface area (Å²) in [7, 11) is 0. The molecule has 0 aliphatic carbocycles. The molecule has 1 N–H and O–H groups in total. The van der Waals surface area contributed by atoms with Crippen LogP contribution in [0.15, 0.2) is 24.3 Å². The number of aliphatic hydroxyl groups is 1. The summed E-state index contributed by atoms with van der Waals surface area (Å²) in [5, 5.41) is 10.6. The molecule has 0 spiro atoms.